The van der Waals surface area contributed by atoms with Gasteiger partial charge in [0, 0.05) is 0 Å². The smallest absolute Gasteiger partial charge is 0.325 e. The van der Waals surface area contributed by atoms with E-state index in [1.54, 1.807) is 13.8 Å². The Morgan fingerprint density at radius 3 is 2.68 bits per heavy atom. The highest BCUT2D eigenvalue weighted by molar-refractivity contribution is 6.09. The molecule has 0 radical (unpaired) electrons. The first-order valence-corrected chi connectivity index (χ1v) is 7.90. The molecule has 0 saturated carbocycles. The number of nitrogens with one attached hydrogen (secondary N) is 1. The SMILES string of the molecule is Cc1noc(CN2C(=O)N[C@](C)(c3cccc4ccccc34)C2=O)n1. The number of urea groups is 1. The van der Waals surface area contributed by atoms with Crippen LogP contribution in [0.25, 0.3) is 10.8 Å². The Kier molecular flexibility index (Phi) is 3.31. The Bertz CT molecular complexity index is 991. The van der Waals surface area contributed by atoms with E-state index in [0.717, 1.165) is 21.2 Å². The molecule has 1 atom stereocenters. The number of nitrogens with zero attached hydrogens (tertiary/aromatic N) is 3. The summed E-state index contributed by atoms with van der Waals surface area (Å²) in [6, 6.07) is 13.0. The van der Waals surface area contributed by atoms with Crippen molar-refractivity contribution in [1.29, 1.82) is 0 Å². The van der Waals surface area contributed by atoms with E-state index in [1.807, 2.05) is 42.5 Å². The second kappa shape index (κ2) is 5.41. The van der Waals surface area contributed by atoms with Gasteiger partial charge < -0.3 is 9.84 Å². The molecule has 1 aliphatic heterocycles. The van der Waals surface area contributed by atoms with E-state index in [4.69, 9.17) is 4.52 Å². The lowest BCUT2D eigenvalue weighted by atomic mass is 9.88. The van der Waals surface area contributed by atoms with Crippen molar-refractivity contribution < 1.29 is 14.1 Å². The molecule has 0 spiro atoms. The average molecular weight is 336 g/mol. The first-order valence-electron chi connectivity index (χ1n) is 7.90. The maximum Gasteiger partial charge on any atom is 0.325 e. The van der Waals surface area contributed by atoms with Gasteiger partial charge in [0.1, 0.15) is 12.1 Å². The highest BCUT2D eigenvalue weighted by Crippen LogP contribution is 2.34. The summed E-state index contributed by atoms with van der Waals surface area (Å²) in [5.41, 5.74) is -0.388. The van der Waals surface area contributed by atoms with Crippen molar-refractivity contribution in [2.24, 2.45) is 0 Å². The van der Waals surface area contributed by atoms with E-state index in [1.165, 1.54) is 0 Å². The molecule has 2 aromatic carbocycles. The lowest BCUT2D eigenvalue weighted by Gasteiger charge is -2.23. The van der Waals surface area contributed by atoms with Crippen LogP contribution < -0.4 is 5.32 Å². The Balaban J connectivity index is 1.74. The van der Waals surface area contributed by atoms with Crippen molar-refractivity contribution in [1.82, 2.24) is 20.4 Å². The van der Waals surface area contributed by atoms with Crippen LogP contribution in [-0.4, -0.2) is 27.0 Å². The molecule has 1 aromatic heterocycles. The molecule has 1 fully saturated rings. The molecule has 7 heteroatoms. The van der Waals surface area contributed by atoms with Gasteiger partial charge in [0.05, 0.1) is 0 Å². The third-order valence-corrected chi connectivity index (χ3v) is 4.47. The van der Waals surface area contributed by atoms with Crippen molar-refractivity contribution >= 4 is 22.7 Å². The van der Waals surface area contributed by atoms with E-state index in [2.05, 4.69) is 15.5 Å². The third kappa shape index (κ3) is 2.36. The Morgan fingerprint density at radius 1 is 1.16 bits per heavy atom. The monoisotopic (exact) mass is 336 g/mol. The van der Waals surface area contributed by atoms with Crippen molar-refractivity contribution in [3.05, 3.63) is 59.7 Å². The Hall–Kier alpha value is -3.22. The fraction of sp³-hybridized carbons (Fsp3) is 0.222. The summed E-state index contributed by atoms with van der Waals surface area (Å²) >= 11 is 0. The zero-order chi connectivity index (χ0) is 17.6. The van der Waals surface area contributed by atoms with Gasteiger partial charge in [-0.05, 0) is 30.2 Å². The van der Waals surface area contributed by atoms with Crippen LogP contribution in [-0.2, 0) is 16.9 Å². The van der Waals surface area contributed by atoms with Gasteiger partial charge >= 0.3 is 6.03 Å². The summed E-state index contributed by atoms with van der Waals surface area (Å²) in [5, 5.41) is 8.44. The molecule has 0 unspecified atom stereocenters. The predicted octanol–water partition coefficient (Wildman–Crippen LogP) is 2.50. The summed E-state index contributed by atoms with van der Waals surface area (Å²) < 4.78 is 5.03. The second-order valence-electron chi connectivity index (χ2n) is 6.21. The lowest BCUT2D eigenvalue weighted by Crippen LogP contribution is -2.41. The van der Waals surface area contributed by atoms with Gasteiger partial charge in [-0.25, -0.2) is 4.79 Å². The largest absolute Gasteiger partial charge is 0.337 e. The lowest BCUT2D eigenvalue weighted by molar-refractivity contribution is -0.131. The highest BCUT2D eigenvalue weighted by Gasteiger charge is 2.50. The summed E-state index contributed by atoms with van der Waals surface area (Å²) in [5.74, 6) is 0.340. The second-order valence-corrected chi connectivity index (χ2v) is 6.21. The zero-order valence-electron chi connectivity index (χ0n) is 13.8. The number of carbonyl (C=O) groups is 2. The topological polar surface area (TPSA) is 88.3 Å². The van der Waals surface area contributed by atoms with Gasteiger partial charge in [-0.1, -0.05) is 47.6 Å². The quantitative estimate of drug-likeness (QED) is 0.742. The summed E-state index contributed by atoms with van der Waals surface area (Å²) in [7, 11) is 0. The van der Waals surface area contributed by atoms with E-state index in [-0.39, 0.29) is 18.3 Å². The van der Waals surface area contributed by atoms with Crippen LogP contribution in [0.15, 0.2) is 47.0 Å². The van der Waals surface area contributed by atoms with Crippen LogP contribution in [0.1, 0.15) is 24.2 Å². The van der Waals surface area contributed by atoms with Crippen LogP contribution in [0, 0.1) is 6.92 Å². The van der Waals surface area contributed by atoms with Gasteiger partial charge in [0.2, 0.25) is 5.89 Å². The maximum atomic E-state index is 13.0. The molecular formula is C18H16N4O3. The van der Waals surface area contributed by atoms with Gasteiger partial charge in [-0.15, -0.1) is 0 Å². The molecule has 7 nitrogen and oxygen atoms in total. The van der Waals surface area contributed by atoms with Gasteiger partial charge in [0.25, 0.3) is 5.91 Å². The minimum Gasteiger partial charge on any atom is -0.337 e. The normalized spacial score (nSPS) is 20.3. The molecule has 4 rings (SSSR count). The van der Waals surface area contributed by atoms with Gasteiger partial charge in [0.15, 0.2) is 5.82 Å². The number of rotatable bonds is 3. The fourth-order valence-corrected chi connectivity index (χ4v) is 3.22. The van der Waals surface area contributed by atoms with Gasteiger partial charge in [-0.3, -0.25) is 9.69 Å². The molecule has 1 saturated heterocycles. The molecule has 0 aliphatic carbocycles. The number of hydrogen-bond donors (Lipinski definition) is 1. The first kappa shape index (κ1) is 15.3. The summed E-state index contributed by atoms with van der Waals surface area (Å²) in [6.07, 6.45) is 0. The number of hydrogen-bond acceptors (Lipinski definition) is 5. The molecule has 3 amide bonds. The third-order valence-electron chi connectivity index (χ3n) is 4.47. The number of aryl methyl sites for hydroxylation is 1. The molecule has 25 heavy (non-hydrogen) atoms. The number of carbonyl (C=O) groups excluding carboxylic acids is 2. The minimum absolute atomic E-state index is 0.0497. The van der Waals surface area contributed by atoms with Crippen molar-refractivity contribution in [3.63, 3.8) is 0 Å². The van der Waals surface area contributed by atoms with Crippen molar-refractivity contribution in [2.75, 3.05) is 0 Å². The number of imide groups is 1. The number of fused-ring (bicyclic) bond motifs is 1. The predicted molar refractivity (Wildman–Crippen MR) is 89.4 cm³/mol. The van der Waals surface area contributed by atoms with Crippen LogP contribution in [0.5, 0.6) is 0 Å². The first-order chi connectivity index (χ1) is 12.0. The molecule has 1 aliphatic rings. The number of aromatic nitrogens is 2. The average Bonchev–Trinajstić information content (AvgIpc) is 3.11. The Labute approximate surface area is 143 Å². The standard InChI is InChI=1S/C18H16N4O3/c1-11-19-15(25-21-11)10-22-16(23)18(2,20-17(22)24)14-9-5-7-12-6-3-4-8-13(12)14/h3-9H,10H2,1-2H3,(H,20,24)/t18-/m1/s1. The van der Waals surface area contributed by atoms with E-state index >= 15 is 0 Å². The minimum atomic E-state index is -1.15. The van der Waals surface area contributed by atoms with E-state index in [0.29, 0.717) is 5.82 Å². The van der Waals surface area contributed by atoms with Crippen molar-refractivity contribution in [2.45, 2.75) is 25.9 Å². The van der Waals surface area contributed by atoms with Crippen molar-refractivity contribution in [3.8, 4) is 0 Å². The highest BCUT2D eigenvalue weighted by atomic mass is 16.5. The van der Waals surface area contributed by atoms with E-state index in [9.17, 15) is 9.59 Å². The molecule has 126 valence electrons. The number of benzene rings is 2. The summed E-state index contributed by atoms with van der Waals surface area (Å²) in [6.45, 7) is 3.35. The summed E-state index contributed by atoms with van der Waals surface area (Å²) in [4.78, 5) is 30.6. The molecule has 2 heterocycles. The fourth-order valence-electron chi connectivity index (χ4n) is 3.22. The number of amides is 3. The molecule has 3 aromatic rings. The zero-order valence-corrected chi connectivity index (χ0v) is 13.8. The Morgan fingerprint density at radius 2 is 1.92 bits per heavy atom. The molecular weight excluding hydrogens is 320 g/mol. The van der Waals surface area contributed by atoms with Crippen LogP contribution in [0.3, 0.4) is 0 Å². The molecule has 0 bridgehead atoms. The van der Waals surface area contributed by atoms with Crippen LogP contribution in [0.4, 0.5) is 4.79 Å². The van der Waals surface area contributed by atoms with Gasteiger partial charge in [-0.2, -0.15) is 4.98 Å². The van der Waals surface area contributed by atoms with E-state index < -0.39 is 11.6 Å². The molecule has 1 N–H and O–H groups in total. The van der Waals surface area contributed by atoms with Crippen LogP contribution >= 0.6 is 0 Å². The maximum absolute atomic E-state index is 13.0. The van der Waals surface area contributed by atoms with Crippen LogP contribution in [0.2, 0.25) is 0 Å².